The van der Waals surface area contributed by atoms with Crippen LogP contribution in [0.15, 0.2) is 23.1 Å². The minimum absolute atomic E-state index is 0.0466. The van der Waals surface area contributed by atoms with Crippen molar-refractivity contribution in [1.29, 1.82) is 10.5 Å². The first-order valence-electron chi connectivity index (χ1n) is 4.76. The number of hydrazine groups is 1. The molecule has 0 radical (unpaired) electrons. The van der Waals surface area contributed by atoms with Crippen molar-refractivity contribution in [2.75, 3.05) is 5.01 Å². The summed E-state index contributed by atoms with van der Waals surface area (Å²) < 4.78 is 30.7. The van der Waals surface area contributed by atoms with Crippen LogP contribution >= 0.6 is 0 Å². The summed E-state index contributed by atoms with van der Waals surface area (Å²) in [6, 6.07) is 6.32. The van der Waals surface area contributed by atoms with E-state index in [4.69, 9.17) is 20.9 Å². The molecule has 0 fully saturated rings. The van der Waals surface area contributed by atoms with Gasteiger partial charge in [0.2, 0.25) is 0 Å². The van der Waals surface area contributed by atoms with Gasteiger partial charge in [-0.25, -0.2) is 5.84 Å². The van der Waals surface area contributed by atoms with E-state index in [1.165, 1.54) is 13.0 Å². The molecule has 0 aliphatic heterocycles. The van der Waals surface area contributed by atoms with Crippen LogP contribution in [0.2, 0.25) is 0 Å². The van der Waals surface area contributed by atoms with Crippen molar-refractivity contribution in [3.8, 4) is 12.1 Å². The van der Waals surface area contributed by atoms with Crippen LogP contribution in [-0.4, -0.2) is 19.0 Å². The first-order valence-corrected chi connectivity index (χ1v) is 6.20. The zero-order valence-electron chi connectivity index (χ0n) is 9.40. The summed E-state index contributed by atoms with van der Waals surface area (Å²) in [5, 5.41) is 18.7. The SMILES string of the molecule is CC(C#N)N(N)c1ccc(S(=O)(=O)O)cc1C#N. The van der Waals surface area contributed by atoms with Crippen LogP contribution in [-0.2, 0) is 10.1 Å². The monoisotopic (exact) mass is 266 g/mol. The van der Waals surface area contributed by atoms with Gasteiger partial charge in [-0.15, -0.1) is 0 Å². The molecule has 7 nitrogen and oxygen atoms in total. The summed E-state index contributed by atoms with van der Waals surface area (Å²) in [6.07, 6.45) is 0. The average molecular weight is 266 g/mol. The quantitative estimate of drug-likeness (QED) is 0.459. The lowest BCUT2D eigenvalue weighted by molar-refractivity contribution is 0.483. The number of nitrogens with two attached hydrogens (primary N) is 1. The highest BCUT2D eigenvalue weighted by atomic mass is 32.2. The second-order valence-corrected chi connectivity index (χ2v) is 4.90. The maximum atomic E-state index is 10.9. The Labute approximate surface area is 104 Å². The van der Waals surface area contributed by atoms with Gasteiger partial charge in [0.05, 0.1) is 22.2 Å². The van der Waals surface area contributed by atoms with Gasteiger partial charge in [0.15, 0.2) is 0 Å². The van der Waals surface area contributed by atoms with Crippen molar-refractivity contribution >= 4 is 15.8 Å². The number of hydrogen-bond acceptors (Lipinski definition) is 6. The summed E-state index contributed by atoms with van der Waals surface area (Å²) in [6.45, 7) is 1.53. The fraction of sp³-hybridized carbons (Fsp3) is 0.200. The molecule has 1 rings (SSSR count). The predicted octanol–water partition coefficient (Wildman–Crippen LogP) is 0.397. The topological polar surface area (TPSA) is 131 Å². The molecule has 0 saturated heterocycles. The minimum Gasteiger partial charge on any atom is -0.293 e. The van der Waals surface area contributed by atoms with Crippen molar-refractivity contribution < 1.29 is 13.0 Å². The van der Waals surface area contributed by atoms with Crippen molar-refractivity contribution in [2.45, 2.75) is 17.9 Å². The van der Waals surface area contributed by atoms with Gasteiger partial charge in [-0.1, -0.05) is 0 Å². The zero-order valence-corrected chi connectivity index (χ0v) is 10.2. The molecule has 0 aliphatic carbocycles. The van der Waals surface area contributed by atoms with Crippen LogP contribution in [0.3, 0.4) is 0 Å². The molecular weight excluding hydrogens is 256 g/mol. The van der Waals surface area contributed by atoms with E-state index in [0.29, 0.717) is 0 Å². The smallest absolute Gasteiger partial charge is 0.293 e. The highest BCUT2D eigenvalue weighted by Gasteiger charge is 2.17. The summed E-state index contributed by atoms with van der Waals surface area (Å²) >= 11 is 0. The molecule has 1 aromatic rings. The Morgan fingerprint density at radius 1 is 1.44 bits per heavy atom. The molecule has 94 valence electrons. The summed E-state index contributed by atoms with van der Waals surface area (Å²) in [4.78, 5) is -0.402. The van der Waals surface area contributed by atoms with E-state index in [0.717, 1.165) is 17.1 Å². The maximum absolute atomic E-state index is 10.9. The Morgan fingerprint density at radius 2 is 2.06 bits per heavy atom. The lowest BCUT2D eigenvalue weighted by atomic mass is 10.1. The third kappa shape index (κ3) is 2.76. The number of anilines is 1. The van der Waals surface area contributed by atoms with Gasteiger partial charge in [-0.3, -0.25) is 9.56 Å². The second kappa shape index (κ2) is 5.02. The largest absolute Gasteiger partial charge is 0.294 e. The molecule has 18 heavy (non-hydrogen) atoms. The lowest BCUT2D eigenvalue weighted by Crippen LogP contribution is -2.39. The molecule has 0 bridgehead atoms. The van der Waals surface area contributed by atoms with E-state index in [2.05, 4.69) is 0 Å². The van der Waals surface area contributed by atoms with Gasteiger partial charge < -0.3 is 0 Å². The standard InChI is InChI=1S/C10H10N4O3S/c1-7(5-11)14(13)10-3-2-9(18(15,16)17)4-8(10)6-12/h2-4,7H,13H2,1H3,(H,15,16,17). The Kier molecular flexibility index (Phi) is 3.89. The Morgan fingerprint density at radius 3 is 2.50 bits per heavy atom. The van der Waals surface area contributed by atoms with Crippen LogP contribution < -0.4 is 10.9 Å². The van der Waals surface area contributed by atoms with Gasteiger partial charge >= 0.3 is 0 Å². The highest BCUT2D eigenvalue weighted by Crippen LogP contribution is 2.22. The fourth-order valence-corrected chi connectivity index (χ4v) is 1.77. The molecule has 0 aromatic heterocycles. The molecular formula is C10H10N4O3S. The van der Waals surface area contributed by atoms with Crippen LogP contribution in [0.25, 0.3) is 0 Å². The molecule has 0 spiro atoms. The number of rotatable bonds is 3. The van der Waals surface area contributed by atoms with Crippen molar-refractivity contribution in [2.24, 2.45) is 5.84 Å². The molecule has 1 atom stereocenters. The molecule has 1 aromatic carbocycles. The molecule has 0 amide bonds. The van der Waals surface area contributed by atoms with Crippen LogP contribution in [0, 0.1) is 22.7 Å². The highest BCUT2D eigenvalue weighted by molar-refractivity contribution is 7.85. The van der Waals surface area contributed by atoms with Crippen molar-refractivity contribution in [1.82, 2.24) is 0 Å². The number of benzene rings is 1. The van der Waals surface area contributed by atoms with E-state index >= 15 is 0 Å². The van der Waals surface area contributed by atoms with Gasteiger partial charge in [0, 0.05) is 0 Å². The van der Waals surface area contributed by atoms with Crippen LogP contribution in [0.1, 0.15) is 12.5 Å². The lowest BCUT2D eigenvalue weighted by Gasteiger charge is -2.22. The first kappa shape index (κ1) is 13.9. The van der Waals surface area contributed by atoms with E-state index in [1.54, 1.807) is 6.07 Å². The molecule has 0 heterocycles. The van der Waals surface area contributed by atoms with E-state index < -0.39 is 21.1 Å². The third-order valence-corrected chi connectivity index (χ3v) is 3.12. The predicted molar refractivity (Wildman–Crippen MR) is 62.7 cm³/mol. The van der Waals surface area contributed by atoms with Gasteiger partial charge in [-0.2, -0.15) is 18.9 Å². The maximum Gasteiger partial charge on any atom is 0.294 e. The van der Waals surface area contributed by atoms with Crippen LogP contribution in [0.4, 0.5) is 5.69 Å². The zero-order chi connectivity index (χ0) is 13.9. The van der Waals surface area contributed by atoms with Gasteiger partial charge in [0.1, 0.15) is 12.1 Å². The summed E-state index contributed by atoms with van der Waals surface area (Å²) in [5.41, 5.74) is 0.161. The van der Waals surface area contributed by atoms with E-state index in [1.807, 2.05) is 6.07 Å². The van der Waals surface area contributed by atoms with Crippen molar-refractivity contribution in [3.63, 3.8) is 0 Å². The summed E-state index contributed by atoms with van der Waals surface area (Å²) in [7, 11) is -4.38. The third-order valence-electron chi connectivity index (χ3n) is 2.27. The van der Waals surface area contributed by atoms with Crippen molar-refractivity contribution in [3.05, 3.63) is 23.8 Å². The molecule has 0 saturated carbocycles. The normalized spacial score (nSPS) is 12.3. The minimum atomic E-state index is -4.38. The Bertz CT molecular complexity index is 642. The van der Waals surface area contributed by atoms with E-state index in [9.17, 15) is 8.42 Å². The van der Waals surface area contributed by atoms with Crippen LogP contribution in [0.5, 0.6) is 0 Å². The molecule has 0 aliphatic rings. The van der Waals surface area contributed by atoms with Gasteiger partial charge in [-0.05, 0) is 25.1 Å². The summed E-state index contributed by atoms with van der Waals surface area (Å²) in [5.74, 6) is 5.63. The number of hydrogen-bond donors (Lipinski definition) is 2. The fourth-order valence-electron chi connectivity index (χ4n) is 1.26. The second-order valence-electron chi connectivity index (χ2n) is 3.48. The first-order chi connectivity index (χ1) is 8.31. The van der Waals surface area contributed by atoms with E-state index in [-0.39, 0.29) is 11.3 Å². The molecule has 3 N–H and O–H groups in total. The Balaban J connectivity index is 3.35. The Hall–Kier alpha value is -2.13. The molecule has 8 heteroatoms. The number of nitrogens with zero attached hydrogens (tertiary/aromatic N) is 3. The molecule has 1 unspecified atom stereocenters. The van der Waals surface area contributed by atoms with Gasteiger partial charge in [0.25, 0.3) is 10.1 Å². The number of nitriles is 2. The average Bonchev–Trinajstić information content (AvgIpc) is 2.35.